The van der Waals surface area contributed by atoms with Crippen molar-refractivity contribution in [2.24, 2.45) is 0 Å². The molecule has 1 nitrogen and oxygen atoms in total. The maximum atomic E-state index is 5.22. The quantitative estimate of drug-likeness (QED) is 0.204. The van der Waals surface area contributed by atoms with Gasteiger partial charge in [-0.25, -0.2) is 0 Å². The molecule has 0 unspecified atom stereocenters. The second-order valence-electron chi connectivity index (χ2n) is 5.03. The monoisotopic (exact) mass is 288 g/mol. The average molecular weight is 288 g/mol. The zero-order valence-corrected chi connectivity index (χ0v) is 13.8. The van der Waals surface area contributed by atoms with Crippen LogP contribution in [0.1, 0.15) is 65.2 Å². The van der Waals surface area contributed by atoms with Crippen molar-refractivity contribution in [3.63, 3.8) is 0 Å². The highest BCUT2D eigenvalue weighted by molar-refractivity contribution is 5.10. The lowest BCUT2D eigenvalue weighted by atomic mass is 10.1. The van der Waals surface area contributed by atoms with E-state index in [9.17, 15) is 0 Å². The smallest absolute Gasteiger partial charge is 0.0901 e. The second kappa shape index (κ2) is 18.5. The maximum Gasteiger partial charge on any atom is 0.0901 e. The van der Waals surface area contributed by atoms with Crippen LogP contribution in [0.4, 0.5) is 0 Å². The molecule has 118 valence electrons. The molecule has 0 aromatic rings. The fourth-order valence-electron chi connectivity index (χ4n) is 1.72. The van der Waals surface area contributed by atoms with Gasteiger partial charge in [-0.1, -0.05) is 82.4 Å². The zero-order valence-electron chi connectivity index (χ0n) is 13.8. The molecule has 0 aromatic heterocycles. The third kappa shape index (κ3) is 18.5. The van der Waals surface area contributed by atoms with E-state index in [1.165, 1.54) is 44.9 Å². The molecule has 0 saturated carbocycles. The highest BCUT2D eigenvalue weighted by Crippen LogP contribution is 2.02. The summed E-state index contributed by atoms with van der Waals surface area (Å²) in [4.78, 5) is 0. The molecule has 0 radical (unpaired) electrons. The molecule has 0 fully saturated rings. The lowest BCUT2D eigenvalue weighted by Gasteiger charge is -1.92. The molecule has 1 heteroatoms. The third-order valence-electron chi connectivity index (χ3n) is 2.98. The average Bonchev–Trinajstić information content (AvgIpc) is 2.50. The van der Waals surface area contributed by atoms with Crippen LogP contribution >= 0.6 is 0 Å². The molecule has 0 aromatic carbocycles. The number of allylic oxidation sites excluding steroid dienone is 8. The Labute approximate surface area is 131 Å². The van der Waals surface area contributed by atoms with E-state index in [-0.39, 0.29) is 0 Å². The third-order valence-corrected chi connectivity index (χ3v) is 2.98. The van der Waals surface area contributed by atoms with Crippen molar-refractivity contribution in [1.29, 1.82) is 0 Å². The molecule has 0 saturated heterocycles. The van der Waals surface area contributed by atoms with E-state index in [4.69, 9.17) is 4.74 Å². The van der Waals surface area contributed by atoms with Gasteiger partial charge in [-0.3, -0.25) is 0 Å². The van der Waals surface area contributed by atoms with E-state index in [1.54, 1.807) is 12.5 Å². The zero-order chi connectivity index (χ0) is 15.4. The van der Waals surface area contributed by atoms with Crippen molar-refractivity contribution in [2.45, 2.75) is 65.2 Å². The molecule has 0 N–H and O–H groups in total. The van der Waals surface area contributed by atoms with Gasteiger partial charge in [0.2, 0.25) is 0 Å². The standard InChI is InChI=1S/C20H32O/c1-3-5-7-9-11-12-13-14-16-18-20-21-19-17-15-10-8-6-4-2/h10,12-20H,3-9,11H2,1-2H3/b13-12+,15-10+,16-14+,19-17+,20-18+. The molecule has 0 amide bonds. The number of hydrogen-bond donors (Lipinski definition) is 0. The number of rotatable bonds is 13. The first-order valence-electron chi connectivity index (χ1n) is 8.37. The van der Waals surface area contributed by atoms with Crippen LogP contribution in [0.2, 0.25) is 0 Å². The summed E-state index contributed by atoms with van der Waals surface area (Å²) < 4.78 is 5.22. The lowest BCUT2D eigenvalue weighted by Crippen LogP contribution is -1.72. The topological polar surface area (TPSA) is 9.23 Å². The van der Waals surface area contributed by atoms with Crippen molar-refractivity contribution in [2.75, 3.05) is 0 Å². The normalized spacial score (nSPS) is 12.9. The number of ether oxygens (including phenoxy) is 1. The van der Waals surface area contributed by atoms with E-state index < -0.39 is 0 Å². The Morgan fingerprint density at radius 1 is 0.571 bits per heavy atom. The van der Waals surface area contributed by atoms with Crippen molar-refractivity contribution in [1.82, 2.24) is 0 Å². The summed E-state index contributed by atoms with van der Waals surface area (Å²) in [5.74, 6) is 0. The summed E-state index contributed by atoms with van der Waals surface area (Å²) in [7, 11) is 0. The minimum Gasteiger partial charge on any atom is -0.473 e. The highest BCUT2D eigenvalue weighted by Gasteiger charge is 1.82. The predicted molar refractivity (Wildman–Crippen MR) is 95.1 cm³/mol. The fourth-order valence-corrected chi connectivity index (χ4v) is 1.72. The van der Waals surface area contributed by atoms with E-state index >= 15 is 0 Å². The molecule has 0 spiro atoms. The molecule has 0 bridgehead atoms. The van der Waals surface area contributed by atoms with Crippen LogP contribution in [0.25, 0.3) is 0 Å². The van der Waals surface area contributed by atoms with Crippen molar-refractivity contribution in [3.8, 4) is 0 Å². The fraction of sp³-hybridized carbons (Fsp3) is 0.500. The van der Waals surface area contributed by atoms with Crippen molar-refractivity contribution in [3.05, 3.63) is 61.1 Å². The van der Waals surface area contributed by atoms with E-state index in [1.807, 2.05) is 30.4 Å². The minimum atomic E-state index is 1.14. The second-order valence-corrected chi connectivity index (χ2v) is 5.03. The Kier molecular flexibility index (Phi) is 17.2. The Hall–Kier alpha value is -1.50. The molecule has 0 heterocycles. The van der Waals surface area contributed by atoms with Crippen LogP contribution < -0.4 is 0 Å². The Bertz CT molecular complexity index is 332. The summed E-state index contributed by atoms with van der Waals surface area (Å²) in [6.07, 6.45) is 29.8. The summed E-state index contributed by atoms with van der Waals surface area (Å²) in [5, 5.41) is 0. The first-order valence-corrected chi connectivity index (χ1v) is 8.37. The van der Waals surface area contributed by atoms with Gasteiger partial charge in [-0.15, -0.1) is 0 Å². The number of unbranched alkanes of at least 4 members (excludes halogenated alkanes) is 6. The van der Waals surface area contributed by atoms with Crippen LogP contribution in [0.15, 0.2) is 61.1 Å². The Morgan fingerprint density at radius 3 is 1.86 bits per heavy atom. The van der Waals surface area contributed by atoms with Crippen LogP contribution in [0.5, 0.6) is 0 Å². The maximum absolute atomic E-state index is 5.22. The highest BCUT2D eigenvalue weighted by atomic mass is 16.5. The van der Waals surface area contributed by atoms with Crippen LogP contribution in [-0.4, -0.2) is 0 Å². The lowest BCUT2D eigenvalue weighted by molar-refractivity contribution is 0.403. The summed E-state index contributed by atoms with van der Waals surface area (Å²) >= 11 is 0. The van der Waals surface area contributed by atoms with Gasteiger partial charge in [0.15, 0.2) is 0 Å². The van der Waals surface area contributed by atoms with E-state index in [0.717, 1.165) is 6.42 Å². The molecule has 0 aliphatic rings. The Morgan fingerprint density at radius 2 is 1.14 bits per heavy atom. The summed E-state index contributed by atoms with van der Waals surface area (Å²) in [5.41, 5.74) is 0. The molecular formula is C20H32O. The van der Waals surface area contributed by atoms with Crippen LogP contribution in [-0.2, 0) is 4.74 Å². The van der Waals surface area contributed by atoms with E-state index in [2.05, 4.69) is 32.1 Å². The van der Waals surface area contributed by atoms with Gasteiger partial charge in [-0.2, -0.15) is 0 Å². The van der Waals surface area contributed by atoms with Crippen LogP contribution in [0, 0.1) is 0 Å². The minimum absolute atomic E-state index is 1.14. The van der Waals surface area contributed by atoms with Gasteiger partial charge < -0.3 is 4.74 Å². The van der Waals surface area contributed by atoms with Gasteiger partial charge >= 0.3 is 0 Å². The first kappa shape index (κ1) is 19.5. The first-order chi connectivity index (χ1) is 10.4. The summed E-state index contributed by atoms with van der Waals surface area (Å²) in [6.45, 7) is 4.44. The molecular weight excluding hydrogens is 256 g/mol. The van der Waals surface area contributed by atoms with Gasteiger partial charge in [0.05, 0.1) is 12.5 Å². The predicted octanol–water partition coefficient (Wildman–Crippen LogP) is 6.86. The molecule has 0 atom stereocenters. The number of hydrogen-bond acceptors (Lipinski definition) is 1. The van der Waals surface area contributed by atoms with Gasteiger partial charge in [0.1, 0.15) is 0 Å². The van der Waals surface area contributed by atoms with Gasteiger partial charge in [0, 0.05) is 0 Å². The SMILES string of the molecule is CCCC/C=C/C=C/O/C=C/C=C/C=C/CCCCCC. The van der Waals surface area contributed by atoms with E-state index in [0.29, 0.717) is 0 Å². The van der Waals surface area contributed by atoms with Gasteiger partial charge in [0.25, 0.3) is 0 Å². The molecule has 0 aliphatic heterocycles. The van der Waals surface area contributed by atoms with Crippen molar-refractivity contribution >= 4 is 0 Å². The van der Waals surface area contributed by atoms with Crippen LogP contribution in [0.3, 0.4) is 0 Å². The Balaban J connectivity index is 3.49. The molecule has 0 aliphatic carbocycles. The summed E-state index contributed by atoms with van der Waals surface area (Å²) in [6, 6.07) is 0. The largest absolute Gasteiger partial charge is 0.473 e. The molecule has 21 heavy (non-hydrogen) atoms. The molecule has 0 rings (SSSR count). The van der Waals surface area contributed by atoms with Gasteiger partial charge in [-0.05, 0) is 31.4 Å². The van der Waals surface area contributed by atoms with Crippen molar-refractivity contribution < 1.29 is 4.74 Å².